The Morgan fingerprint density at radius 1 is 1.45 bits per heavy atom. The van der Waals surface area contributed by atoms with Gasteiger partial charge >= 0.3 is 0 Å². The van der Waals surface area contributed by atoms with Crippen molar-refractivity contribution in [1.82, 2.24) is 9.78 Å². The van der Waals surface area contributed by atoms with Gasteiger partial charge in [0.05, 0.1) is 15.6 Å². The van der Waals surface area contributed by atoms with Crippen LogP contribution >= 0.6 is 15.9 Å². The van der Waals surface area contributed by atoms with E-state index < -0.39 is 10.0 Å². The molecule has 0 aliphatic carbocycles. The number of nitrogens with zero attached hydrogens (tertiary/aromatic N) is 2. The molecule has 0 radical (unpaired) electrons. The molecule has 6 nitrogen and oxygen atoms in total. The second-order valence-electron chi connectivity index (χ2n) is 4.13. The first kappa shape index (κ1) is 15.0. The number of hydrogen-bond donors (Lipinski definition) is 1. The lowest BCUT2D eigenvalue weighted by Crippen LogP contribution is -2.12. The fourth-order valence-corrected chi connectivity index (χ4v) is 2.78. The highest BCUT2D eigenvalue weighted by atomic mass is 79.9. The van der Waals surface area contributed by atoms with Gasteiger partial charge in [-0.05, 0) is 41.1 Å². The fourth-order valence-electron chi connectivity index (χ4n) is 1.59. The number of rotatable bonds is 5. The summed E-state index contributed by atoms with van der Waals surface area (Å²) in [6.45, 7) is 3.15. The molecule has 1 aromatic heterocycles. The van der Waals surface area contributed by atoms with Crippen LogP contribution in [0.25, 0.3) is 0 Å². The van der Waals surface area contributed by atoms with E-state index >= 15 is 0 Å². The number of benzene rings is 1. The molecule has 20 heavy (non-hydrogen) atoms. The van der Waals surface area contributed by atoms with Crippen molar-refractivity contribution in [3.8, 4) is 5.75 Å². The third kappa shape index (κ3) is 3.59. The molecule has 0 saturated carbocycles. The van der Waals surface area contributed by atoms with Crippen molar-refractivity contribution >= 4 is 26.0 Å². The molecule has 0 unspecified atom stereocenters. The summed E-state index contributed by atoms with van der Waals surface area (Å²) in [5.41, 5.74) is 0.939. The van der Waals surface area contributed by atoms with Crippen LogP contribution in [0, 0.1) is 0 Å². The fraction of sp³-hybridized carbons (Fsp3) is 0.250. The number of ether oxygens (including phenoxy) is 1. The van der Waals surface area contributed by atoms with Gasteiger partial charge in [0.2, 0.25) is 10.0 Å². The Labute approximate surface area is 125 Å². The van der Waals surface area contributed by atoms with Crippen molar-refractivity contribution in [3.05, 3.63) is 40.6 Å². The number of hydrogen-bond acceptors (Lipinski definition) is 4. The summed E-state index contributed by atoms with van der Waals surface area (Å²) in [7, 11) is -3.71. The van der Waals surface area contributed by atoms with Crippen LogP contribution < -0.4 is 9.88 Å². The highest BCUT2D eigenvalue weighted by Gasteiger charge is 2.11. The van der Waals surface area contributed by atoms with Crippen molar-refractivity contribution in [3.63, 3.8) is 0 Å². The van der Waals surface area contributed by atoms with E-state index in [4.69, 9.17) is 9.88 Å². The summed E-state index contributed by atoms with van der Waals surface area (Å²) in [6, 6.07) is 4.39. The van der Waals surface area contributed by atoms with Crippen molar-refractivity contribution < 1.29 is 13.2 Å². The zero-order valence-corrected chi connectivity index (χ0v) is 13.2. The molecule has 1 aromatic carbocycles. The minimum atomic E-state index is -3.71. The van der Waals surface area contributed by atoms with Gasteiger partial charge in [-0.3, -0.25) is 4.68 Å². The lowest BCUT2D eigenvalue weighted by Gasteiger charge is -2.08. The molecule has 0 atom stereocenters. The Morgan fingerprint density at radius 3 is 2.75 bits per heavy atom. The Hall–Kier alpha value is -1.38. The second kappa shape index (κ2) is 5.94. The van der Waals surface area contributed by atoms with Crippen LogP contribution in [-0.2, 0) is 23.2 Å². The van der Waals surface area contributed by atoms with Crippen molar-refractivity contribution in [1.29, 1.82) is 0 Å². The maximum Gasteiger partial charge on any atom is 0.238 e. The van der Waals surface area contributed by atoms with Gasteiger partial charge in [-0.2, -0.15) is 5.10 Å². The molecular weight excluding hydrogens is 346 g/mol. The summed E-state index contributed by atoms with van der Waals surface area (Å²) in [5.74, 6) is 0.543. The largest absolute Gasteiger partial charge is 0.488 e. The van der Waals surface area contributed by atoms with Gasteiger partial charge in [-0.15, -0.1) is 0 Å². The molecule has 1 heterocycles. The van der Waals surface area contributed by atoms with E-state index in [1.165, 1.54) is 12.1 Å². The molecule has 2 rings (SSSR count). The highest BCUT2D eigenvalue weighted by Crippen LogP contribution is 2.28. The molecule has 8 heteroatoms. The summed E-state index contributed by atoms with van der Waals surface area (Å²) in [5, 5.41) is 9.20. The van der Waals surface area contributed by atoms with Crippen LogP contribution in [-0.4, -0.2) is 18.2 Å². The Kier molecular flexibility index (Phi) is 4.46. The van der Waals surface area contributed by atoms with E-state index in [-0.39, 0.29) is 4.90 Å². The van der Waals surface area contributed by atoms with Crippen LogP contribution in [0.2, 0.25) is 0 Å². The van der Waals surface area contributed by atoms with Crippen LogP contribution in [0.4, 0.5) is 0 Å². The number of aromatic nitrogens is 2. The molecule has 0 aliphatic rings. The molecule has 0 bridgehead atoms. The molecule has 0 aliphatic heterocycles. The van der Waals surface area contributed by atoms with Gasteiger partial charge in [0.25, 0.3) is 0 Å². The number of nitrogens with two attached hydrogens (primary N) is 1. The predicted molar refractivity (Wildman–Crippen MR) is 77.7 cm³/mol. The van der Waals surface area contributed by atoms with Gasteiger partial charge in [-0.25, -0.2) is 13.6 Å². The molecule has 0 amide bonds. The predicted octanol–water partition coefficient (Wildman–Crippen LogP) is 1.89. The molecule has 0 fully saturated rings. The van der Waals surface area contributed by atoms with Crippen molar-refractivity contribution in [2.24, 2.45) is 5.14 Å². The van der Waals surface area contributed by atoms with Crippen LogP contribution in [0.5, 0.6) is 5.75 Å². The van der Waals surface area contributed by atoms with E-state index in [0.29, 0.717) is 16.8 Å². The van der Waals surface area contributed by atoms with Gasteiger partial charge in [0.1, 0.15) is 12.4 Å². The number of sulfonamides is 1. The first-order chi connectivity index (χ1) is 9.40. The molecule has 2 aromatic rings. The first-order valence-corrected chi connectivity index (χ1v) is 8.20. The summed E-state index contributed by atoms with van der Waals surface area (Å²) in [4.78, 5) is 0.0375. The second-order valence-corrected chi connectivity index (χ2v) is 6.55. The first-order valence-electron chi connectivity index (χ1n) is 5.86. The summed E-state index contributed by atoms with van der Waals surface area (Å²) >= 11 is 3.27. The summed E-state index contributed by atoms with van der Waals surface area (Å²) in [6.07, 6.45) is 3.63. The lowest BCUT2D eigenvalue weighted by molar-refractivity contribution is 0.304. The molecular formula is C12H14BrN3O3S. The van der Waals surface area contributed by atoms with Crippen LogP contribution in [0.1, 0.15) is 12.5 Å². The standard InChI is InChI=1S/C12H14BrN3O3S/c1-2-16-7-9(6-15-16)8-19-12-4-3-10(5-11(12)13)20(14,17)18/h3-7H,2,8H2,1H3,(H2,14,17,18). The number of halogens is 1. The van der Waals surface area contributed by atoms with E-state index in [1.807, 2.05) is 13.1 Å². The van der Waals surface area contributed by atoms with Crippen LogP contribution in [0.15, 0.2) is 40.0 Å². The topological polar surface area (TPSA) is 87.2 Å². The van der Waals surface area contributed by atoms with Crippen molar-refractivity contribution in [2.45, 2.75) is 25.0 Å². The quantitative estimate of drug-likeness (QED) is 0.882. The van der Waals surface area contributed by atoms with E-state index in [9.17, 15) is 8.42 Å². The van der Waals surface area contributed by atoms with E-state index in [0.717, 1.165) is 12.1 Å². The maximum atomic E-state index is 11.2. The normalized spacial score (nSPS) is 11.6. The summed E-state index contributed by atoms with van der Waals surface area (Å²) < 4.78 is 30.4. The minimum absolute atomic E-state index is 0.0375. The SMILES string of the molecule is CCn1cc(COc2ccc(S(N)(=O)=O)cc2Br)cn1. The minimum Gasteiger partial charge on any atom is -0.488 e. The van der Waals surface area contributed by atoms with Crippen LogP contribution in [0.3, 0.4) is 0 Å². The number of primary sulfonamides is 1. The van der Waals surface area contributed by atoms with E-state index in [1.54, 1.807) is 16.9 Å². The maximum absolute atomic E-state index is 11.2. The Morgan fingerprint density at radius 2 is 2.20 bits per heavy atom. The Bertz CT molecular complexity index is 712. The third-order valence-electron chi connectivity index (χ3n) is 2.64. The number of aryl methyl sites for hydroxylation is 1. The highest BCUT2D eigenvalue weighted by molar-refractivity contribution is 9.10. The third-order valence-corrected chi connectivity index (χ3v) is 4.17. The van der Waals surface area contributed by atoms with E-state index in [2.05, 4.69) is 21.0 Å². The van der Waals surface area contributed by atoms with Crippen molar-refractivity contribution in [2.75, 3.05) is 0 Å². The average molecular weight is 360 g/mol. The molecule has 108 valence electrons. The smallest absolute Gasteiger partial charge is 0.238 e. The average Bonchev–Trinajstić information content (AvgIpc) is 2.84. The Balaban J connectivity index is 2.10. The zero-order valence-electron chi connectivity index (χ0n) is 10.8. The molecule has 0 spiro atoms. The molecule has 0 saturated heterocycles. The van der Waals surface area contributed by atoms with Gasteiger partial charge in [-0.1, -0.05) is 0 Å². The van der Waals surface area contributed by atoms with Gasteiger partial charge in [0, 0.05) is 18.3 Å². The monoisotopic (exact) mass is 359 g/mol. The van der Waals surface area contributed by atoms with Gasteiger partial charge in [0.15, 0.2) is 0 Å². The zero-order chi connectivity index (χ0) is 14.8. The lowest BCUT2D eigenvalue weighted by atomic mass is 10.3. The van der Waals surface area contributed by atoms with Gasteiger partial charge < -0.3 is 4.74 Å². The molecule has 2 N–H and O–H groups in total.